The van der Waals surface area contributed by atoms with E-state index in [-0.39, 0.29) is 18.9 Å². The van der Waals surface area contributed by atoms with Gasteiger partial charge < -0.3 is 20.4 Å². The lowest BCUT2D eigenvalue weighted by Crippen LogP contribution is -2.53. The van der Waals surface area contributed by atoms with Gasteiger partial charge in [0.25, 0.3) is 0 Å². The molecule has 1 aliphatic heterocycles. The lowest BCUT2D eigenvalue weighted by atomic mass is 10.1. The quantitative estimate of drug-likeness (QED) is 0.382. The number of piperazine rings is 1. The van der Waals surface area contributed by atoms with E-state index in [0.717, 1.165) is 14.9 Å². The first-order valence-corrected chi connectivity index (χ1v) is 13.6. The Balaban J connectivity index is 1.31. The van der Waals surface area contributed by atoms with Crippen molar-refractivity contribution in [2.24, 2.45) is 0 Å². The molecule has 0 aliphatic carbocycles. The van der Waals surface area contributed by atoms with E-state index in [1.165, 1.54) is 17.4 Å². The summed E-state index contributed by atoms with van der Waals surface area (Å²) >= 11 is 13.5. The minimum absolute atomic E-state index is 0.154. The number of pyridine rings is 1. The highest BCUT2D eigenvalue weighted by molar-refractivity contribution is 7.19. The van der Waals surface area contributed by atoms with E-state index in [1.807, 2.05) is 18.2 Å². The highest BCUT2D eigenvalue weighted by Crippen LogP contribution is 2.30. The number of nitrogens with zero attached hydrogens (tertiary/aromatic N) is 3. The van der Waals surface area contributed by atoms with Crippen molar-refractivity contribution in [2.75, 3.05) is 37.6 Å². The van der Waals surface area contributed by atoms with Crippen LogP contribution in [0.2, 0.25) is 9.36 Å². The Bertz CT molecular complexity index is 1280. The highest BCUT2D eigenvalue weighted by Gasteiger charge is 2.25. The lowest BCUT2D eigenvalue weighted by molar-refractivity contribution is -0.134. The zero-order valence-electron chi connectivity index (χ0n) is 20.5. The second-order valence-corrected chi connectivity index (χ2v) is 10.8. The summed E-state index contributed by atoms with van der Waals surface area (Å²) in [5, 5.41) is 7.10. The van der Waals surface area contributed by atoms with E-state index in [9.17, 15) is 14.4 Å². The molecule has 4 rings (SSSR count). The number of thiophene rings is 1. The fourth-order valence-corrected chi connectivity index (χ4v) is 5.16. The maximum Gasteiger partial charge on any atom is 0.244 e. The minimum Gasteiger partial charge on any atom is -0.360 e. The second kappa shape index (κ2) is 13.4. The lowest BCUT2D eigenvalue weighted by Gasteiger charge is -2.35. The van der Waals surface area contributed by atoms with E-state index in [4.69, 9.17) is 23.2 Å². The van der Waals surface area contributed by atoms with Gasteiger partial charge in [-0.2, -0.15) is 0 Å². The predicted molar refractivity (Wildman–Crippen MR) is 151 cm³/mol. The number of hydrogen-bond acceptors (Lipinski definition) is 6. The smallest absolute Gasteiger partial charge is 0.244 e. The molecule has 2 N–H and O–H groups in total. The molecule has 1 atom stereocenters. The van der Waals surface area contributed by atoms with Crippen LogP contribution in [0.3, 0.4) is 0 Å². The Morgan fingerprint density at radius 2 is 1.76 bits per heavy atom. The number of carbonyl (C=O) groups is 3. The molecule has 1 aliphatic rings. The third-order valence-electron chi connectivity index (χ3n) is 5.99. The summed E-state index contributed by atoms with van der Waals surface area (Å²) < 4.78 is 0.731. The van der Waals surface area contributed by atoms with Crippen LogP contribution in [0.1, 0.15) is 11.3 Å². The fourth-order valence-electron chi connectivity index (χ4n) is 3.95. The monoisotopic (exact) mass is 571 g/mol. The first-order valence-electron chi connectivity index (χ1n) is 12.1. The van der Waals surface area contributed by atoms with E-state index in [0.29, 0.717) is 36.9 Å². The van der Waals surface area contributed by atoms with Crippen LogP contribution in [-0.2, 0) is 20.8 Å². The molecule has 3 amide bonds. The number of rotatable bonds is 9. The van der Waals surface area contributed by atoms with Crippen LogP contribution in [0, 0.1) is 0 Å². The average molecular weight is 573 g/mol. The van der Waals surface area contributed by atoms with Crippen molar-refractivity contribution in [1.29, 1.82) is 0 Å². The van der Waals surface area contributed by atoms with Crippen molar-refractivity contribution in [2.45, 2.75) is 12.5 Å². The van der Waals surface area contributed by atoms with Gasteiger partial charge in [0.05, 0.1) is 15.9 Å². The molecule has 11 heteroatoms. The molecule has 0 unspecified atom stereocenters. The van der Waals surface area contributed by atoms with Crippen LogP contribution in [0.4, 0.5) is 5.00 Å². The predicted octanol–water partition coefficient (Wildman–Crippen LogP) is 3.66. The summed E-state index contributed by atoms with van der Waals surface area (Å²) in [6, 6.07) is 15.3. The Labute approximate surface area is 235 Å². The zero-order valence-corrected chi connectivity index (χ0v) is 22.8. The molecule has 0 radical (unpaired) electrons. The molecule has 1 saturated heterocycles. The van der Waals surface area contributed by atoms with Gasteiger partial charge in [0.15, 0.2) is 0 Å². The maximum atomic E-state index is 13.0. The number of amides is 3. The van der Waals surface area contributed by atoms with E-state index < -0.39 is 17.9 Å². The summed E-state index contributed by atoms with van der Waals surface area (Å²) in [6.07, 6.45) is 4.80. The van der Waals surface area contributed by atoms with E-state index >= 15 is 0 Å². The molecular formula is C27H27Cl2N5O3S. The molecule has 1 aromatic carbocycles. The number of carbonyl (C=O) groups excluding carboxylic acids is 3. The maximum absolute atomic E-state index is 13.0. The molecule has 198 valence electrons. The van der Waals surface area contributed by atoms with E-state index in [1.54, 1.807) is 53.6 Å². The van der Waals surface area contributed by atoms with Crippen molar-refractivity contribution in [3.8, 4) is 0 Å². The van der Waals surface area contributed by atoms with Gasteiger partial charge in [-0.3, -0.25) is 19.4 Å². The average Bonchev–Trinajstić information content (AvgIpc) is 3.37. The standard InChI is InChI=1S/C27H27Cl2N5O3S/c28-20-7-4-19(5-8-20)6-10-24(35)32-22(17-21-3-1-2-12-30-21)27(37)31-18-25(36)33-13-15-34(16-14-33)26-11-9-23(29)38-26/h1-12,22H,13-18H2,(H,31,37)(H,32,35)/t22-/m0/s1. The third kappa shape index (κ3) is 8.05. The van der Waals surface area contributed by atoms with E-state index in [2.05, 4.69) is 20.5 Å². The number of halogens is 2. The molecule has 0 saturated carbocycles. The second-order valence-electron chi connectivity index (χ2n) is 8.63. The Morgan fingerprint density at radius 1 is 1.00 bits per heavy atom. The van der Waals surface area contributed by atoms with Gasteiger partial charge in [0.1, 0.15) is 6.04 Å². The summed E-state index contributed by atoms with van der Waals surface area (Å²) in [4.78, 5) is 46.6. The van der Waals surface area contributed by atoms with Gasteiger partial charge in [0, 0.05) is 55.6 Å². The van der Waals surface area contributed by atoms with Gasteiger partial charge in [-0.25, -0.2) is 0 Å². The third-order valence-corrected chi connectivity index (χ3v) is 7.53. The molecule has 3 heterocycles. The van der Waals surface area contributed by atoms with Crippen LogP contribution in [0.15, 0.2) is 66.9 Å². The number of benzene rings is 1. The molecule has 3 aromatic rings. The summed E-state index contributed by atoms with van der Waals surface area (Å²) in [5.41, 5.74) is 1.44. The molecule has 0 bridgehead atoms. The molecule has 2 aromatic heterocycles. The van der Waals surface area contributed by atoms with Crippen molar-refractivity contribution >= 4 is 63.3 Å². The molecule has 8 nitrogen and oxygen atoms in total. The topological polar surface area (TPSA) is 94.6 Å². The molecule has 1 fully saturated rings. The van der Waals surface area contributed by atoms with Crippen LogP contribution in [0.25, 0.3) is 6.08 Å². The SMILES string of the molecule is O=C(C=Cc1ccc(Cl)cc1)N[C@@H](Cc1ccccn1)C(=O)NCC(=O)N1CCN(c2ccc(Cl)s2)CC1. The Hall–Kier alpha value is -3.40. The van der Waals surface area contributed by atoms with Crippen LogP contribution < -0.4 is 15.5 Å². The van der Waals surface area contributed by atoms with Gasteiger partial charge in [-0.05, 0) is 48.0 Å². The van der Waals surface area contributed by atoms with Gasteiger partial charge in [-0.1, -0.05) is 41.4 Å². The van der Waals surface area contributed by atoms with Crippen molar-refractivity contribution in [3.63, 3.8) is 0 Å². The molecule has 0 spiro atoms. The summed E-state index contributed by atoms with van der Waals surface area (Å²) in [5.74, 6) is -1.07. The highest BCUT2D eigenvalue weighted by atomic mass is 35.5. The normalized spacial score (nSPS) is 14.4. The van der Waals surface area contributed by atoms with Crippen LogP contribution >= 0.6 is 34.5 Å². The number of anilines is 1. The summed E-state index contributed by atoms with van der Waals surface area (Å²) in [6.45, 7) is 2.32. The fraction of sp³-hybridized carbons (Fsp3) is 0.259. The Kier molecular flexibility index (Phi) is 9.75. The minimum atomic E-state index is -0.902. The van der Waals surface area contributed by atoms with Crippen molar-refractivity contribution in [3.05, 3.63) is 87.5 Å². The number of aromatic nitrogens is 1. The first-order chi connectivity index (χ1) is 18.4. The Morgan fingerprint density at radius 3 is 2.42 bits per heavy atom. The van der Waals surface area contributed by atoms with Gasteiger partial charge in [-0.15, -0.1) is 11.3 Å². The van der Waals surface area contributed by atoms with Gasteiger partial charge in [0.2, 0.25) is 17.7 Å². The summed E-state index contributed by atoms with van der Waals surface area (Å²) in [7, 11) is 0. The first kappa shape index (κ1) is 27.6. The van der Waals surface area contributed by atoms with Crippen LogP contribution in [-0.4, -0.2) is 66.4 Å². The van der Waals surface area contributed by atoms with Gasteiger partial charge >= 0.3 is 0 Å². The number of hydrogen-bond donors (Lipinski definition) is 2. The number of nitrogens with one attached hydrogen (secondary N) is 2. The largest absolute Gasteiger partial charge is 0.360 e. The van der Waals surface area contributed by atoms with Crippen LogP contribution in [0.5, 0.6) is 0 Å². The zero-order chi connectivity index (χ0) is 26.9. The molecule has 38 heavy (non-hydrogen) atoms. The van der Waals surface area contributed by atoms with Crippen molar-refractivity contribution < 1.29 is 14.4 Å². The van der Waals surface area contributed by atoms with Crippen molar-refractivity contribution in [1.82, 2.24) is 20.5 Å². The molecular weight excluding hydrogens is 545 g/mol.